The van der Waals surface area contributed by atoms with Gasteiger partial charge in [0.2, 0.25) is 5.91 Å². The molecule has 40 heavy (non-hydrogen) atoms. The number of nitrogens with one attached hydrogen (secondary N) is 2. The largest absolute Gasteiger partial charge is 0.462 e. The van der Waals surface area contributed by atoms with Gasteiger partial charge in [-0.1, -0.05) is 62.4 Å². The third kappa shape index (κ3) is 3.46. The molecule has 1 aromatic heterocycles. The molecule has 6 rings (SSSR count). The van der Waals surface area contributed by atoms with Crippen molar-refractivity contribution in [1.82, 2.24) is 10.2 Å². The van der Waals surface area contributed by atoms with E-state index in [0.717, 1.165) is 16.8 Å². The average Bonchev–Trinajstić information content (AvgIpc) is 3.41. The second kappa shape index (κ2) is 8.94. The molecule has 1 aliphatic carbocycles. The van der Waals surface area contributed by atoms with Crippen molar-refractivity contribution in [3.05, 3.63) is 88.5 Å². The molecule has 0 saturated heterocycles. The first kappa shape index (κ1) is 25.6. The van der Waals surface area contributed by atoms with Gasteiger partial charge >= 0.3 is 5.97 Å². The van der Waals surface area contributed by atoms with Gasteiger partial charge in [0.15, 0.2) is 11.6 Å². The van der Waals surface area contributed by atoms with Crippen LogP contribution in [0.5, 0.6) is 0 Å². The van der Waals surface area contributed by atoms with Crippen LogP contribution in [0.1, 0.15) is 44.9 Å². The summed E-state index contributed by atoms with van der Waals surface area (Å²) in [5.41, 5.74) is 9.03. The normalized spacial score (nSPS) is 21.4. The number of hydrogen-bond acceptors (Lipinski definition) is 7. The van der Waals surface area contributed by atoms with Crippen LogP contribution >= 0.6 is 0 Å². The number of aromatic amines is 1. The predicted molar refractivity (Wildman–Crippen MR) is 151 cm³/mol. The van der Waals surface area contributed by atoms with Crippen molar-refractivity contribution in [2.45, 2.75) is 46.0 Å². The third-order valence-corrected chi connectivity index (χ3v) is 7.97. The van der Waals surface area contributed by atoms with Crippen LogP contribution in [0.4, 0.5) is 11.5 Å². The van der Waals surface area contributed by atoms with Crippen LogP contribution in [0, 0.1) is 12.3 Å². The molecular formula is C31H31N5O4. The number of nitrogens with two attached hydrogens (primary N) is 1. The zero-order valence-corrected chi connectivity index (χ0v) is 22.9. The molecule has 0 saturated carbocycles. The summed E-state index contributed by atoms with van der Waals surface area (Å²) >= 11 is 0. The maximum atomic E-state index is 14.2. The van der Waals surface area contributed by atoms with Crippen LogP contribution in [0.2, 0.25) is 0 Å². The molecule has 2 aromatic carbocycles. The molecule has 3 aromatic rings. The molecule has 1 atom stereocenters. The Labute approximate surface area is 232 Å². The number of nitrogens with zero attached hydrogens (tertiary/aromatic N) is 2. The Morgan fingerprint density at radius 1 is 1.07 bits per heavy atom. The van der Waals surface area contributed by atoms with Gasteiger partial charge in [-0.15, -0.1) is 0 Å². The molecule has 0 radical (unpaired) electrons. The maximum absolute atomic E-state index is 14.2. The average molecular weight is 538 g/mol. The van der Waals surface area contributed by atoms with E-state index in [-0.39, 0.29) is 35.8 Å². The van der Waals surface area contributed by atoms with Crippen molar-refractivity contribution in [2.75, 3.05) is 16.8 Å². The molecular weight excluding hydrogens is 506 g/mol. The number of hydrogen-bond donors (Lipinski definition) is 3. The highest BCUT2D eigenvalue weighted by Gasteiger charge is 2.63. The van der Waals surface area contributed by atoms with Gasteiger partial charge in [0.1, 0.15) is 16.8 Å². The van der Waals surface area contributed by atoms with E-state index in [1.54, 1.807) is 36.1 Å². The summed E-state index contributed by atoms with van der Waals surface area (Å²) < 4.78 is 5.52. The van der Waals surface area contributed by atoms with Gasteiger partial charge in [0.05, 0.1) is 6.61 Å². The molecule has 1 amide bonds. The number of fused-ring (bicyclic) bond motifs is 3. The van der Waals surface area contributed by atoms with Crippen molar-refractivity contribution in [1.29, 1.82) is 0 Å². The summed E-state index contributed by atoms with van der Waals surface area (Å²) in [5.74, 6) is -1.01. The van der Waals surface area contributed by atoms with Crippen molar-refractivity contribution in [3.63, 3.8) is 0 Å². The van der Waals surface area contributed by atoms with E-state index >= 15 is 0 Å². The summed E-state index contributed by atoms with van der Waals surface area (Å²) in [4.78, 5) is 43.9. The number of aryl methyl sites for hydroxylation is 1. The highest BCUT2D eigenvalue weighted by molar-refractivity contribution is 6.23. The van der Waals surface area contributed by atoms with Gasteiger partial charge in [-0.05, 0) is 37.3 Å². The number of ether oxygens (including phenoxy) is 1. The zero-order valence-electron chi connectivity index (χ0n) is 22.9. The van der Waals surface area contributed by atoms with Gasteiger partial charge < -0.3 is 15.8 Å². The minimum Gasteiger partial charge on any atom is -0.462 e. The van der Waals surface area contributed by atoms with E-state index in [1.807, 2.05) is 51.1 Å². The number of allylic oxidation sites excluding steroid dienone is 1. The summed E-state index contributed by atoms with van der Waals surface area (Å²) in [5, 5.41) is 10.6. The van der Waals surface area contributed by atoms with E-state index in [2.05, 4.69) is 15.5 Å². The molecule has 0 bridgehead atoms. The fourth-order valence-corrected chi connectivity index (χ4v) is 6.46. The first-order valence-electron chi connectivity index (χ1n) is 13.4. The van der Waals surface area contributed by atoms with Gasteiger partial charge in [0.25, 0.3) is 0 Å². The number of para-hydroxylation sites is 1. The number of Topliss-reactive ketones (excluding diaryl/α,β-unsaturated/α-hetero) is 1. The van der Waals surface area contributed by atoms with E-state index in [0.29, 0.717) is 29.2 Å². The highest BCUT2D eigenvalue weighted by Crippen LogP contribution is 2.57. The Balaban J connectivity index is 1.74. The van der Waals surface area contributed by atoms with Gasteiger partial charge in [-0.3, -0.25) is 19.6 Å². The molecule has 0 fully saturated rings. The van der Waals surface area contributed by atoms with E-state index < -0.39 is 22.7 Å². The standard InChI is InChI=1S/C31H31N5O4/c1-5-40-28(38)25-26(32)36(27-23(17(2)34-35-27)18-11-7-6-8-12-18)21-15-30(3,4)16-22(37)24(21)31(25)19-13-9-10-14-20(19)33-29(31)39/h6-14H,5,15-16,32H2,1-4H3,(H,33,39)(H,34,35). The minimum absolute atomic E-state index is 0.0123. The lowest BCUT2D eigenvalue weighted by Crippen LogP contribution is -2.54. The van der Waals surface area contributed by atoms with Gasteiger partial charge in [-0.25, -0.2) is 4.79 Å². The summed E-state index contributed by atoms with van der Waals surface area (Å²) in [6.45, 7) is 7.68. The highest BCUT2D eigenvalue weighted by atomic mass is 16.5. The van der Waals surface area contributed by atoms with Crippen LogP contribution in [-0.2, 0) is 24.5 Å². The lowest BCUT2D eigenvalue weighted by molar-refractivity contribution is -0.140. The Kier molecular flexibility index (Phi) is 5.72. The van der Waals surface area contributed by atoms with Crippen molar-refractivity contribution in [2.24, 2.45) is 11.1 Å². The smallest absolute Gasteiger partial charge is 0.339 e. The van der Waals surface area contributed by atoms with Crippen LogP contribution in [0.25, 0.3) is 11.1 Å². The Hall–Kier alpha value is -4.66. The number of carbonyl (C=O) groups is 3. The second-order valence-electron chi connectivity index (χ2n) is 11.2. The number of aromatic nitrogens is 2. The van der Waals surface area contributed by atoms with Gasteiger partial charge in [-0.2, -0.15) is 5.10 Å². The molecule has 2 aliphatic heterocycles. The minimum atomic E-state index is -1.75. The monoisotopic (exact) mass is 537 g/mol. The first-order chi connectivity index (χ1) is 19.1. The number of ketones is 1. The number of H-pyrrole nitrogens is 1. The quantitative estimate of drug-likeness (QED) is 0.419. The van der Waals surface area contributed by atoms with Crippen LogP contribution in [0.3, 0.4) is 0 Å². The first-order valence-corrected chi connectivity index (χ1v) is 13.4. The number of carbonyl (C=O) groups excluding carboxylic acids is 3. The predicted octanol–water partition coefficient (Wildman–Crippen LogP) is 4.47. The molecule has 3 heterocycles. The summed E-state index contributed by atoms with van der Waals surface area (Å²) in [6.07, 6.45) is 0.639. The number of benzene rings is 2. The zero-order chi connectivity index (χ0) is 28.4. The van der Waals surface area contributed by atoms with Gasteiger partial charge in [0, 0.05) is 40.2 Å². The summed E-state index contributed by atoms with van der Waals surface area (Å²) in [6, 6.07) is 16.8. The third-order valence-electron chi connectivity index (χ3n) is 7.97. The number of rotatable bonds is 4. The van der Waals surface area contributed by atoms with Crippen molar-refractivity contribution in [3.8, 4) is 11.1 Å². The molecule has 204 valence electrons. The van der Waals surface area contributed by atoms with E-state index in [1.165, 1.54) is 0 Å². The second-order valence-corrected chi connectivity index (χ2v) is 11.2. The molecule has 1 spiro atoms. The fraction of sp³-hybridized carbons (Fsp3) is 0.290. The SMILES string of the molecule is CCOC(=O)C1=C(N)N(c2n[nH]c(C)c2-c2ccccc2)C2=C(C(=O)CC(C)(C)C2)C12C(=O)Nc1ccccc12. The molecule has 1 unspecified atom stereocenters. The Morgan fingerprint density at radius 2 is 1.77 bits per heavy atom. The fourth-order valence-electron chi connectivity index (χ4n) is 6.46. The lowest BCUT2D eigenvalue weighted by Gasteiger charge is -2.47. The molecule has 9 heteroatoms. The van der Waals surface area contributed by atoms with Crippen LogP contribution in [0.15, 0.2) is 77.3 Å². The number of esters is 1. The molecule has 9 nitrogen and oxygen atoms in total. The molecule has 4 N–H and O–H groups in total. The Bertz CT molecular complexity index is 1650. The van der Waals surface area contributed by atoms with Crippen molar-refractivity contribution < 1.29 is 19.1 Å². The van der Waals surface area contributed by atoms with Crippen LogP contribution < -0.4 is 16.0 Å². The maximum Gasteiger partial charge on any atom is 0.339 e. The lowest BCUT2D eigenvalue weighted by atomic mass is 9.60. The Morgan fingerprint density at radius 3 is 2.50 bits per heavy atom. The van der Waals surface area contributed by atoms with Crippen molar-refractivity contribution >= 4 is 29.2 Å². The summed E-state index contributed by atoms with van der Waals surface area (Å²) in [7, 11) is 0. The number of anilines is 2. The number of amides is 1. The molecule has 3 aliphatic rings. The van der Waals surface area contributed by atoms with Crippen LogP contribution in [-0.4, -0.2) is 34.5 Å². The van der Waals surface area contributed by atoms with E-state index in [4.69, 9.17) is 10.5 Å². The topological polar surface area (TPSA) is 130 Å². The van der Waals surface area contributed by atoms with E-state index in [9.17, 15) is 14.4 Å².